The van der Waals surface area contributed by atoms with Crippen LogP contribution in [0.4, 0.5) is 10.1 Å². The molecule has 1 aliphatic carbocycles. The van der Waals surface area contributed by atoms with Crippen molar-refractivity contribution in [3.05, 3.63) is 33.6 Å². The fraction of sp³-hybridized carbons (Fsp3) is 0.400. The van der Waals surface area contributed by atoms with Crippen LogP contribution in [0, 0.1) is 21.8 Å². The zero-order chi connectivity index (χ0) is 11.9. The van der Waals surface area contributed by atoms with Crippen LogP contribution in [0.5, 0.6) is 5.75 Å². The standard InChI is InChI=1S/C10H11FN2O3/c11-6-3-7(9(12)5-1-2-5)10(14)8(4-6)13(15)16/h3-5,9,14H,1-2,12H2/t9-/m0/s1. The number of phenolic OH excluding ortho intramolecular Hbond substituents is 1. The van der Waals surface area contributed by atoms with Crippen LogP contribution in [-0.4, -0.2) is 10.0 Å². The molecule has 0 unspecified atom stereocenters. The van der Waals surface area contributed by atoms with Gasteiger partial charge in [-0.3, -0.25) is 10.1 Å². The summed E-state index contributed by atoms with van der Waals surface area (Å²) in [5, 5.41) is 20.2. The molecule has 1 aromatic carbocycles. The SMILES string of the molecule is N[C@H](c1cc(F)cc([N+](=O)[O-])c1O)C1CC1. The van der Waals surface area contributed by atoms with Gasteiger partial charge in [0.05, 0.1) is 11.0 Å². The van der Waals surface area contributed by atoms with Crippen LogP contribution in [-0.2, 0) is 0 Å². The Morgan fingerprint density at radius 2 is 2.19 bits per heavy atom. The van der Waals surface area contributed by atoms with E-state index in [9.17, 15) is 19.6 Å². The number of rotatable bonds is 3. The molecule has 0 heterocycles. The Morgan fingerprint density at radius 1 is 1.56 bits per heavy atom. The van der Waals surface area contributed by atoms with E-state index in [0.29, 0.717) is 6.07 Å². The van der Waals surface area contributed by atoms with E-state index < -0.39 is 28.2 Å². The molecule has 1 saturated carbocycles. The molecule has 0 amide bonds. The van der Waals surface area contributed by atoms with Crippen molar-refractivity contribution in [3.8, 4) is 5.75 Å². The predicted molar refractivity (Wildman–Crippen MR) is 54.4 cm³/mol. The molecule has 1 atom stereocenters. The minimum Gasteiger partial charge on any atom is -0.502 e. The summed E-state index contributed by atoms with van der Waals surface area (Å²) in [6.07, 6.45) is 1.82. The average Bonchev–Trinajstić information content (AvgIpc) is 3.03. The van der Waals surface area contributed by atoms with Gasteiger partial charge in [-0.2, -0.15) is 0 Å². The summed E-state index contributed by atoms with van der Waals surface area (Å²) >= 11 is 0. The van der Waals surface area contributed by atoms with Crippen molar-refractivity contribution in [3.63, 3.8) is 0 Å². The second-order valence-electron chi connectivity index (χ2n) is 3.98. The second-order valence-corrected chi connectivity index (χ2v) is 3.98. The highest BCUT2D eigenvalue weighted by atomic mass is 19.1. The second kappa shape index (κ2) is 3.71. The largest absolute Gasteiger partial charge is 0.502 e. The minimum absolute atomic E-state index is 0.120. The molecule has 16 heavy (non-hydrogen) atoms. The molecule has 5 nitrogen and oxygen atoms in total. The first kappa shape index (κ1) is 10.8. The third-order valence-electron chi connectivity index (χ3n) is 2.77. The Labute approximate surface area is 90.8 Å². The van der Waals surface area contributed by atoms with Gasteiger partial charge in [0.25, 0.3) is 0 Å². The van der Waals surface area contributed by atoms with Gasteiger partial charge in [-0.25, -0.2) is 4.39 Å². The van der Waals surface area contributed by atoms with Crippen molar-refractivity contribution >= 4 is 5.69 Å². The molecule has 2 rings (SSSR count). The fourth-order valence-corrected chi connectivity index (χ4v) is 1.71. The van der Waals surface area contributed by atoms with Crippen LogP contribution in [0.3, 0.4) is 0 Å². The normalized spacial score (nSPS) is 17.1. The molecule has 1 fully saturated rings. The van der Waals surface area contributed by atoms with Crippen molar-refractivity contribution in [2.45, 2.75) is 18.9 Å². The Balaban J connectivity index is 2.47. The lowest BCUT2D eigenvalue weighted by molar-refractivity contribution is -0.386. The van der Waals surface area contributed by atoms with Gasteiger partial charge in [0.1, 0.15) is 5.82 Å². The first-order valence-electron chi connectivity index (χ1n) is 4.93. The van der Waals surface area contributed by atoms with E-state index >= 15 is 0 Å². The highest BCUT2D eigenvalue weighted by Crippen LogP contribution is 2.44. The number of halogens is 1. The number of nitro groups is 1. The number of nitrogens with two attached hydrogens (primary N) is 1. The summed E-state index contributed by atoms with van der Waals surface area (Å²) in [6, 6.07) is 1.22. The van der Waals surface area contributed by atoms with Gasteiger partial charge in [0.2, 0.25) is 0 Å². The van der Waals surface area contributed by atoms with Crippen molar-refractivity contribution in [1.29, 1.82) is 0 Å². The maximum Gasteiger partial charge on any atom is 0.313 e. The molecular weight excluding hydrogens is 215 g/mol. The molecule has 0 spiro atoms. The topological polar surface area (TPSA) is 89.4 Å². The Hall–Kier alpha value is -1.69. The van der Waals surface area contributed by atoms with Crippen molar-refractivity contribution in [1.82, 2.24) is 0 Å². The maximum atomic E-state index is 13.1. The number of nitrogens with zero attached hydrogens (tertiary/aromatic N) is 1. The molecule has 0 saturated heterocycles. The lowest BCUT2D eigenvalue weighted by Gasteiger charge is -2.12. The van der Waals surface area contributed by atoms with Crippen LogP contribution in [0.15, 0.2) is 12.1 Å². The molecule has 6 heteroatoms. The quantitative estimate of drug-likeness (QED) is 0.608. The summed E-state index contributed by atoms with van der Waals surface area (Å²) in [6.45, 7) is 0. The summed E-state index contributed by atoms with van der Waals surface area (Å²) in [5.41, 5.74) is 5.28. The van der Waals surface area contributed by atoms with E-state index in [1.54, 1.807) is 0 Å². The molecule has 0 bridgehead atoms. The van der Waals surface area contributed by atoms with Gasteiger partial charge >= 0.3 is 5.69 Å². The van der Waals surface area contributed by atoms with Crippen LogP contribution >= 0.6 is 0 Å². The van der Waals surface area contributed by atoms with Gasteiger partial charge < -0.3 is 10.8 Å². The van der Waals surface area contributed by atoms with Gasteiger partial charge in [-0.1, -0.05) is 0 Å². The molecule has 0 radical (unpaired) electrons. The van der Waals surface area contributed by atoms with E-state index in [0.717, 1.165) is 18.9 Å². The van der Waals surface area contributed by atoms with Crippen LogP contribution in [0.25, 0.3) is 0 Å². The summed E-state index contributed by atoms with van der Waals surface area (Å²) < 4.78 is 13.1. The number of nitro benzene ring substituents is 1. The Bertz CT molecular complexity index is 446. The van der Waals surface area contributed by atoms with E-state index in [2.05, 4.69) is 0 Å². The predicted octanol–water partition coefficient (Wildman–Crippen LogP) is 1.85. The lowest BCUT2D eigenvalue weighted by atomic mass is 10.0. The van der Waals surface area contributed by atoms with Crippen molar-refractivity contribution in [2.24, 2.45) is 11.7 Å². The van der Waals surface area contributed by atoms with E-state index in [-0.39, 0.29) is 11.5 Å². The highest BCUT2D eigenvalue weighted by Gasteiger charge is 2.33. The van der Waals surface area contributed by atoms with Gasteiger partial charge in [-0.05, 0) is 24.8 Å². The first-order chi connectivity index (χ1) is 7.50. The van der Waals surface area contributed by atoms with Gasteiger partial charge in [-0.15, -0.1) is 0 Å². The van der Waals surface area contributed by atoms with Gasteiger partial charge in [0, 0.05) is 11.6 Å². The number of aromatic hydroxyl groups is 1. The van der Waals surface area contributed by atoms with Crippen LogP contribution < -0.4 is 5.73 Å². The highest BCUT2D eigenvalue weighted by molar-refractivity contribution is 5.52. The molecule has 0 aromatic heterocycles. The monoisotopic (exact) mass is 226 g/mol. The third kappa shape index (κ3) is 1.83. The zero-order valence-electron chi connectivity index (χ0n) is 8.39. The number of hydrogen-bond acceptors (Lipinski definition) is 4. The first-order valence-corrected chi connectivity index (χ1v) is 4.93. The Morgan fingerprint density at radius 3 is 2.69 bits per heavy atom. The Kier molecular flexibility index (Phi) is 2.51. The van der Waals surface area contributed by atoms with E-state index in [4.69, 9.17) is 5.73 Å². The van der Waals surface area contributed by atoms with E-state index in [1.807, 2.05) is 0 Å². The summed E-state index contributed by atoms with van der Waals surface area (Å²) in [7, 11) is 0. The van der Waals surface area contributed by atoms with E-state index in [1.165, 1.54) is 0 Å². The summed E-state index contributed by atoms with van der Waals surface area (Å²) in [4.78, 5) is 9.75. The molecule has 0 aliphatic heterocycles. The minimum atomic E-state index is -0.818. The van der Waals surface area contributed by atoms with Crippen LogP contribution in [0.1, 0.15) is 24.4 Å². The van der Waals surface area contributed by atoms with Gasteiger partial charge in [0.15, 0.2) is 5.75 Å². The molecule has 1 aromatic rings. The number of phenols is 1. The lowest BCUT2D eigenvalue weighted by Crippen LogP contribution is -2.13. The maximum absolute atomic E-state index is 13.1. The molecule has 3 N–H and O–H groups in total. The molecule has 86 valence electrons. The molecule has 1 aliphatic rings. The zero-order valence-corrected chi connectivity index (χ0v) is 8.39. The average molecular weight is 226 g/mol. The van der Waals surface area contributed by atoms with Crippen molar-refractivity contribution in [2.75, 3.05) is 0 Å². The number of benzene rings is 1. The number of hydrogen-bond donors (Lipinski definition) is 2. The summed E-state index contributed by atoms with van der Waals surface area (Å²) in [5.74, 6) is -1.09. The fourth-order valence-electron chi connectivity index (χ4n) is 1.71. The smallest absolute Gasteiger partial charge is 0.313 e. The van der Waals surface area contributed by atoms with Crippen molar-refractivity contribution < 1.29 is 14.4 Å². The molecular formula is C10H11FN2O3. The van der Waals surface area contributed by atoms with Crippen LogP contribution in [0.2, 0.25) is 0 Å². The third-order valence-corrected chi connectivity index (χ3v) is 2.77.